The lowest BCUT2D eigenvalue weighted by Gasteiger charge is -2.11. The van der Waals surface area contributed by atoms with E-state index >= 15 is 0 Å². The van der Waals surface area contributed by atoms with Crippen molar-refractivity contribution in [1.82, 2.24) is 4.98 Å². The minimum absolute atomic E-state index is 0.301. The van der Waals surface area contributed by atoms with Crippen LogP contribution in [0.5, 0.6) is 0 Å². The third kappa shape index (κ3) is 3.33. The molecule has 0 aliphatic carbocycles. The number of nitrogens with one attached hydrogen (secondary N) is 1. The molecule has 0 spiro atoms. The fourth-order valence-corrected chi connectivity index (χ4v) is 1.58. The fourth-order valence-electron chi connectivity index (χ4n) is 1.58. The van der Waals surface area contributed by atoms with Crippen LogP contribution in [0.3, 0.4) is 0 Å². The van der Waals surface area contributed by atoms with E-state index in [-0.39, 0.29) is 11.3 Å². The molecule has 0 atom stereocenters. The molecule has 0 fully saturated rings. The molecule has 1 amide bonds. The first-order valence-corrected chi connectivity index (χ1v) is 5.56. The number of pyridine rings is 1. The van der Waals surface area contributed by atoms with Crippen LogP contribution in [0.1, 0.15) is 15.9 Å². The van der Waals surface area contributed by atoms with Crippen LogP contribution in [0.15, 0.2) is 36.7 Å². The Morgan fingerprint density at radius 3 is 2.43 bits per heavy atom. The van der Waals surface area contributed by atoms with Crippen molar-refractivity contribution in [3.63, 3.8) is 0 Å². The number of carbonyl (C=O) groups excluding carboxylic acids is 1. The Morgan fingerprint density at radius 2 is 1.81 bits per heavy atom. The van der Waals surface area contributed by atoms with Crippen LogP contribution in [0.2, 0.25) is 0 Å². The van der Waals surface area contributed by atoms with E-state index in [0.717, 1.165) is 24.5 Å². The Balaban J connectivity index is 2.29. The van der Waals surface area contributed by atoms with Crippen molar-refractivity contribution in [3.05, 3.63) is 59.4 Å². The molecule has 0 unspecified atom stereocenters. The number of nitrogens with zero attached hydrogens (tertiary/aromatic N) is 1. The van der Waals surface area contributed by atoms with Gasteiger partial charge in [0.2, 0.25) is 0 Å². The van der Waals surface area contributed by atoms with Crippen LogP contribution >= 0.6 is 0 Å². The van der Waals surface area contributed by atoms with Crippen LogP contribution in [-0.2, 0) is 6.18 Å². The highest BCUT2D eigenvalue weighted by molar-refractivity contribution is 6.04. The molecule has 0 radical (unpaired) electrons. The number of aromatic nitrogens is 1. The second-order valence-corrected chi connectivity index (χ2v) is 4.00. The monoisotopic (exact) mass is 302 g/mol. The number of carbonyl (C=O) groups is 1. The summed E-state index contributed by atoms with van der Waals surface area (Å²) in [4.78, 5) is 15.2. The number of hydrogen-bond donors (Lipinski definition) is 1. The maximum atomic E-state index is 13.3. The van der Waals surface area contributed by atoms with Gasteiger partial charge in [-0.3, -0.25) is 9.78 Å². The van der Waals surface area contributed by atoms with Crippen molar-refractivity contribution >= 4 is 11.6 Å². The summed E-state index contributed by atoms with van der Waals surface area (Å²) in [5.41, 5.74) is -2.21. The quantitative estimate of drug-likeness (QED) is 0.861. The number of rotatable bonds is 2. The number of benzene rings is 1. The molecule has 0 saturated carbocycles. The summed E-state index contributed by atoms with van der Waals surface area (Å²) in [5, 5.41) is 2.07. The lowest BCUT2D eigenvalue weighted by atomic mass is 10.1. The maximum absolute atomic E-state index is 13.3. The van der Waals surface area contributed by atoms with Gasteiger partial charge in [-0.15, -0.1) is 0 Å². The molecule has 0 aliphatic heterocycles. The molecular weight excluding hydrogens is 295 g/mol. The molecule has 0 bridgehead atoms. The lowest BCUT2D eigenvalue weighted by Crippen LogP contribution is -2.15. The van der Waals surface area contributed by atoms with E-state index in [9.17, 15) is 26.7 Å². The van der Waals surface area contributed by atoms with Gasteiger partial charge >= 0.3 is 6.18 Å². The van der Waals surface area contributed by atoms with Gasteiger partial charge in [-0.2, -0.15) is 13.2 Å². The zero-order valence-electron chi connectivity index (χ0n) is 10.2. The first-order chi connectivity index (χ1) is 9.79. The molecule has 0 saturated heterocycles. The second-order valence-electron chi connectivity index (χ2n) is 4.00. The number of hydrogen-bond acceptors (Lipinski definition) is 2. The largest absolute Gasteiger partial charge is 0.419 e. The summed E-state index contributed by atoms with van der Waals surface area (Å²) < 4.78 is 64.0. The first-order valence-electron chi connectivity index (χ1n) is 5.56. The second kappa shape index (κ2) is 5.47. The van der Waals surface area contributed by atoms with E-state index in [4.69, 9.17) is 0 Å². The van der Waals surface area contributed by atoms with Crippen LogP contribution in [0.4, 0.5) is 27.6 Å². The number of alkyl halides is 3. The predicted molar refractivity (Wildman–Crippen MR) is 63.6 cm³/mol. The van der Waals surface area contributed by atoms with Gasteiger partial charge in [-0.05, 0) is 24.3 Å². The number of halogens is 5. The Bertz CT molecular complexity index is 685. The van der Waals surface area contributed by atoms with E-state index in [1.807, 2.05) is 0 Å². The molecule has 0 aliphatic rings. The molecule has 1 aromatic heterocycles. The van der Waals surface area contributed by atoms with Crippen molar-refractivity contribution in [2.45, 2.75) is 6.18 Å². The Morgan fingerprint density at radius 1 is 1.10 bits per heavy atom. The Hall–Kier alpha value is -2.51. The highest BCUT2D eigenvalue weighted by Gasteiger charge is 2.34. The summed E-state index contributed by atoms with van der Waals surface area (Å²) in [5.74, 6) is -3.35. The molecule has 110 valence electrons. The van der Waals surface area contributed by atoms with E-state index in [1.54, 1.807) is 0 Å². The SMILES string of the molecule is O=C(Nc1ccc(F)c(C(F)(F)F)c1)c1ccncc1F. The fraction of sp³-hybridized carbons (Fsp3) is 0.0769. The molecule has 1 heterocycles. The summed E-state index contributed by atoms with van der Waals surface area (Å²) in [6, 6.07) is 3.02. The standard InChI is InChI=1S/C13H7F5N2O/c14-10-2-1-7(5-9(10)13(16,17)18)20-12(21)8-3-4-19-6-11(8)15/h1-6H,(H,20,21). The third-order valence-electron chi connectivity index (χ3n) is 2.55. The number of amides is 1. The first kappa shape index (κ1) is 14.9. The molecule has 21 heavy (non-hydrogen) atoms. The molecule has 1 aromatic carbocycles. The summed E-state index contributed by atoms with van der Waals surface area (Å²) in [6.07, 6.45) is -2.95. The van der Waals surface area contributed by atoms with Crippen LogP contribution < -0.4 is 5.32 Å². The van der Waals surface area contributed by atoms with Gasteiger partial charge in [0, 0.05) is 11.9 Å². The lowest BCUT2D eigenvalue weighted by molar-refractivity contribution is -0.139. The van der Waals surface area contributed by atoms with Crippen molar-refractivity contribution in [2.75, 3.05) is 5.32 Å². The summed E-state index contributed by atoms with van der Waals surface area (Å²) in [7, 11) is 0. The molecule has 3 nitrogen and oxygen atoms in total. The van der Waals surface area contributed by atoms with Gasteiger partial charge in [0.05, 0.1) is 17.3 Å². The maximum Gasteiger partial charge on any atom is 0.419 e. The highest BCUT2D eigenvalue weighted by atomic mass is 19.4. The number of anilines is 1. The van der Waals surface area contributed by atoms with Gasteiger partial charge in [0.25, 0.3) is 5.91 Å². The minimum atomic E-state index is -4.90. The third-order valence-corrected chi connectivity index (χ3v) is 2.55. The van der Waals surface area contributed by atoms with E-state index in [0.29, 0.717) is 12.1 Å². The van der Waals surface area contributed by atoms with Gasteiger partial charge in [0.1, 0.15) is 5.82 Å². The van der Waals surface area contributed by atoms with Crippen molar-refractivity contribution in [3.8, 4) is 0 Å². The normalized spacial score (nSPS) is 11.3. The Kier molecular flexibility index (Phi) is 3.88. The van der Waals surface area contributed by atoms with E-state index in [2.05, 4.69) is 10.3 Å². The van der Waals surface area contributed by atoms with Crippen LogP contribution in [-0.4, -0.2) is 10.9 Å². The average molecular weight is 302 g/mol. The average Bonchev–Trinajstić information content (AvgIpc) is 2.40. The highest BCUT2D eigenvalue weighted by Crippen LogP contribution is 2.33. The van der Waals surface area contributed by atoms with E-state index < -0.39 is 29.3 Å². The van der Waals surface area contributed by atoms with Crippen LogP contribution in [0.25, 0.3) is 0 Å². The summed E-state index contributed by atoms with van der Waals surface area (Å²) in [6.45, 7) is 0. The van der Waals surface area contributed by atoms with Crippen LogP contribution in [0, 0.1) is 11.6 Å². The zero-order valence-corrected chi connectivity index (χ0v) is 10.2. The molecule has 2 rings (SSSR count). The van der Waals surface area contributed by atoms with Crippen molar-refractivity contribution in [2.24, 2.45) is 0 Å². The molecular formula is C13H7F5N2O. The van der Waals surface area contributed by atoms with Gasteiger partial charge in [-0.25, -0.2) is 8.78 Å². The van der Waals surface area contributed by atoms with Gasteiger partial charge in [-0.1, -0.05) is 0 Å². The predicted octanol–water partition coefficient (Wildman–Crippen LogP) is 3.63. The van der Waals surface area contributed by atoms with Crippen molar-refractivity contribution in [1.29, 1.82) is 0 Å². The minimum Gasteiger partial charge on any atom is -0.322 e. The van der Waals surface area contributed by atoms with E-state index in [1.165, 1.54) is 0 Å². The topological polar surface area (TPSA) is 42.0 Å². The zero-order chi connectivity index (χ0) is 15.6. The van der Waals surface area contributed by atoms with Crippen molar-refractivity contribution < 1.29 is 26.7 Å². The molecule has 1 N–H and O–H groups in total. The van der Waals surface area contributed by atoms with Gasteiger partial charge in [0.15, 0.2) is 5.82 Å². The smallest absolute Gasteiger partial charge is 0.322 e. The molecule has 8 heteroatoms. The summed E-state index contributed by atoms with van der Waals surface area (Å²) >= 11 is 0. The molecule has 2 aromatic rings. The Labute approximate surface area is 115 Å². The van der Waals surface area contributed by atoms with Gasteiger partial charge < -0.3 is 5.32 Å².